The van der Waals surface area contributed by atoms with Crippen molar-refractivity contribution >= 4 is 11.7 Å². The molecule has 0 fully saturated rings. The Kier molecular flexibility index (Phi) is 4.89. The molecular weight excluding hydrogens is 328 g/mol. The summed E-state index contributed by atoms with van der Waals surface area (Å²) in [6.07, 6.45) is 6.34. The molecule has 0 aromatic carbocycles. The molecule has 1 aliphatic rings. The molecule has 0 saturated carbocycles. The zero-order chi connectivity index (χ0) is 18.9. The predicted molar refractivity (Wildman–Crippen MR) is 101 cm³/mol. The molecule has 1 amide bonds. The number of aryl methyl sites for hydroxylation is 2. The Balaban J connectivity index is 1.91. The highest BCUT2D eigenvalue weighted by molar-refractivity contribution is 5.82. The first-order valence-corrected chi connectivity index (χ1v) is 8.94. The van der Waals surface area contributed by atoms with Gasteiger partial charge in [0, 0.05) is 30.0 Å². The maximum atomic E-state index is 12.3. The Morgan fingerprint density at radius 2 is 1.96 bits per heavy atom. The minimum Gasteiger partial charge on any atom is -0.350 e. The summed E-state index contributed by atoms with van der Waals surface area (Å²) >= 11 is 0. The fourth-order valence-electron chi connectivity index (χ4n) is 3.10. The largest absolute Gasteiger partial charge is 0.350 e. The molecule has 26 heavy (non-hydrogen) atoms. The second kappa shape index (κ2) is 6.97. The molecule has 0 atom stereocenters. The summed E-state index contributed by atoms with van der Waals surface area (Å²) in [5.41, 5.74) is 3.44. The third kappa shape index (κ3) is 4.15. The topological polar surface area (TPSA) is 83.9 Å². The molecule has 0 aliphatic heterocycles. The minimum absolute atomic E-state index is 0.0259. The number of nitrogens with zero attached hydrogens (tertiary/aromatic N) is 5. The van der Waals surface area contributed by atoms with E-state index >= 15 is 0 Å². The molecular formula is C19H26N6O. The van der Waals surface area contributed by atoms with Crippen molar-refractivity contribution in [3.05, 3.63) is 29.3 Å². The highest BCUT2D eigenvalue weighted by atomic mass is 16.2. The number of carbonyl (C=O) groups excluding carboxylic acids is 1. The van der Waals surface area contributed by atoms with Crippen LogP contribution in [0.5, 0.6) is 0 Å². The van der Waals surface area contributed by atoms with E-state index in [-0.39, 0.29) is 18.0 Å². The van der Waals surface area contributed by atoms with Gasteiger partial charge in [-0.05, 0) is 47.0 Å². The summed E-state index contributed by atoms with van der Waals surface area (Å²) in [5, 5.41) is 2.99. The number of rotatable bonds is 4. The Morgan fingerprint density at radius 1 is 1.19 bits per heavy atom. The first-order chi connectivity index (χ1) is 12.2. The summed E-state index contributed by atoms with van der Waals surface area (Å²) in [7, 11) is 1.90. The van der Waals surface area contributed by atoms with Crippen LogP contribution in [0.15, 0.2) is 12.4 Å². The van der Waals surface area contributed by atoms with E-state index in [0.29, 0.717) is 11.5 Å². The van der Waals surface area contributed by atoms with Gasteiger partial charge in [-0.3, -0.25) is 9.78 Å². The monoisotopic (exact) mass is 354 g/mol. The molecule has 3 rings (SSSR count). The lowest BCUT2D eigenvalue weighted by molar-refractivity contribution is -0.121. The van der Waals surface area contributed by atoms with Gasteiger partial charge in [-0.1, -0.05) is 0 Å². The number of carbonyl (C=O) groups is 1. The molecule has 2 aromatic heterocycles. The first-order valence-electron chi connectivity index (χ1n) is 8.94. The maximum Gasteiger partial charge on any atom is 0.239 e. The van der Waals surface area contributed by atoms with E-state index in [0.717, 1.165) is 42.0 Å². The Labute approximate surface area is 154 Å². The van der Waals surface area contributed by atoms with Crippen LogP contribution >= 0.6 is 0 Å². The molecule has 0 saturated heterocycles. The van der Waals surface area contributed by atoms with Gasteiger partial charge < -0.3 is 10.2 Å². The highest BCUT2D eigenvalue weighted by Gasteiger charge is 2.24. The van der Waals surface area contributed by atoms with Crippen LogP contribution in [0.2, 0.25) is 0 Å². The van der Waals surface area contributed by atoms with Gasteiger partial charge in [-0.15, -0.1) is 0 Å². The Morgan fingerprint density at radius 3 is 2.62 bits per heavy atom. The van der Waals surface area contributed by atoms with Gasteiger partial charge in [-0.25, -0.2) is 15.0 Å². The molecule has 0 bridgehead atoms. The number of nitrogens with one attached hydrogen (secondary N) is 1. The van der Waals surface area contributed by atoms with Gasteiger partial charge in [0.2, 0.25) is 5.91 Å². The molecule has 1 N–H and O–H groups in total. The van der Waals surface area contributed by atoms with E-state index in [2.05, 4.69) is 15.3 Å². The standard InChI is InChI=1S/C19H26N6O/c1-12-9-21-15(10-20-12)17-22-14-8-6-7-13(14)18(23-17)25(5)11-16(26)24-19(2,3)4/h9-10H,6-8,11H2,1-5H3,(H,24,26). The molecule has 0 unspecified atom stereocenters. The van der Waals surface area contributed by atoms with E-state index in [9.17, 15) is 4.79 Å². The van der Waals surface area contributed by atoms with Crippen molar-refractivity contribution in [2.75, 3.05) is 18.5 Å². The van der Waals surface area contributed by atoms with E-state index < -0.39 is 0 Å². The molecule has 7 nitrogen and oxygen atoms in total. The number of aromatic nitrogens is 4. The molecule has 0 radical (unpaired) electrons. The molecule has 7 heteroatoms. The van der Waals surface area contributed by atoms with Crippen molar-refractivity contribution in [2.45, 2.75) is 52.5 Å². The molecule has 2 aromatic rings. The molecule has 138 valence electrons. The Bertz CT molecular complexity index is 810. The van der Waals surface area contributed by atoms with Crippen LogP contribution in [0.3, 0.4) is 0 Å². The number of amides is 1. The number of likely N-dealkylation sites (N-methyl/N-ethyl adjacent to an activating group) is 1. The van der Waals surface area contributed by atoms with E-state index in [1.54, 1.807) is 12.4 Å². The lowest BCUT2D eigenvalue weighted by Gasteiger charge is -2.25. The lowest BCUT2D eigenvalue weighted by Crippen LogP contribution is -2.45. The average Bonchev–Trinajstić information content (AvgIpc) is 3.01. The maximum absolute atomic E-state index is 12.3. The van der Waals surface area contributed by atoms with Crippen LogP contribution in [0.1, 0.15) is 44.1 Å². The van der Waals surface area contributed by atoms with Crippen LogP contribution in [-0.4, -0.2) is 45.0 Å². The van der Waals surface area contributed by atoms with Gasteiger partial charge in [-0.2, -0.15) is 0 Å². The second-order valence-electron chi connectivity index (χ2n) is 7.85. The van der Waals surface area contributed by atoms with Gasteiger partial charge >= 0.3 is 0 Å². The van der Waals surface area contributed by atoms with E-state index in [1.165, 1.54) is 0 Å². The van der Waals surface area contributed by atoms with Gasteiger partial charge in [0.25, 0.3) is 0 Å². The van der Waals surface area contributed by atoms with Crippen LogP contribution in [0.4, 0.5) is 5.82 Å². The fourth-order valence-corrected chi connectivity index (χ4v) is 3.10. The quantitative estimate of drug-likeness (QED) is 0.905. The average molecular weight is 354 g/mol. The van der Waals surface area contributed by atoms with Crippen molar-refractivity contribution in [3.63, 3.8) is 0 Å². The van der Waals surface area contributed by atoms with Crippen molar-refractivity contribution in [2.24, 2.45) is 0 Å². The van der Waals surface area contributed by atoms with Gasteiger partial charge in [0.1, 0.15) is 11.5 Å². The zero-order valence-corrected chi connectivity index (χ0v) is 16.1. The molecule has 2 heterocycles. The normalized spacial score (nSPS) is 13.4. The highest BCUT2D eigenvalue weighted by Crippen LogP contribution is 2.30. The minimum atomic E-state index is -0.256. The number of hydrogen-bond acceptors (Lipinski definition) is 6. The van der Waals surface area contributed by atoms with Crippen molar-refractivity contribution in [3.8, 4) is 11.5 Å². The predicted octanol–water partition coefficient (Wildman–Crippen LogP) is 2.08. The van der Waals surface area contributed by atoms with E-state index in [1.807, 2.05) is 39.6 Å². The molecule has 1 aliphatic carbocycles. The van der Waals surface area contributed by atoms with Gasteiger partial charge in [0.05, 0.1) is 18.4 Å². The van der Waals surface area contributed by atoms with Crippen LogP contribution in [0, 0.1) is 6.92 Å². The number of fused-ring (bicyclic) bond motifs is 1. The summed E-state index contributed by atoms with van der Waals surface area (Å²) < 4.78 is 0. The third-order valence-corrected chi connectivity index (χ3v) is 4.18. The first kappa shape index (κ1) is 18.2. The summed E-state index contributed by atoms with van der Waals surface area (Å²) in [4.78, 5) is 32.3. The summed E-state index contributed by atoms with van der Waals surface area (Å²) in [5.74, 6) is 1.35. The SMILES string of the molecule is Cc1cnc(-c2nc3c(c(N(C)CC(=O)NC(C)(C)C)n2)CCC3)cn1. The van der Waals surface area contributed by atoms with Crippen molar-refractivity contribution in [1.82, 2.24) is 25.3 Å². The number of anilines is 1. The van der Waals surface area contributed by atoms with Gasteiger partial charge in [0.15, 0.2) is 5.82 Å². The van der Waals surface area contributed by atoms with Crippen LogP contribution in [0.25, 0.3) is 11.5 Å². The lowest BCUT2D eigenvalue weighted by atomic mass is 10.1. The third-order valence-electron chi connectivity index (χ3n) is 4.18. The number of hydrogen-bond donors (Lipinski definition) is 1. The summed E-state index contributed by atoms with van der Waals surface area (Å²) in [6, 6.07) is 0. The van der Waals surface area contributed by atoms with Crippen LogP contribution < -0.4 is 10.2 Å². The second-order valence-corrected chi connectivity index (χ2v) is 7.85. The summed E-state index contributed by atoms with van der Waals surface area (Å²) in [6.45, 7) is 8.07. The van der Waals surface area contributed by atoms with E-state index in [4.69, 9.17) is 9.97 Å². The Hall–Kier alpha value is -2.57. The smallest absolute Gasteiger partial charge is 0.239 e. The molecule has 0 spiro atoms. The van der Waals surface area contributed by atoms with Crippen molar-refractivity contribution < 1.29 is 4.79 Å². The fraction of sp³-hybridized carbons (Fsp3) is 0.526. The van der Waals surface area contributed by atoms with Crippen molar-refractivity contribution in [1.29, 1.82) is 0 Å². The zero-order valence-electron chi connectivity index (χ0n) is 16.1. The van der Waals surface area contributed by atoms with Crippen LogP contribution in [-0.2, 0) is 17.6 Å².